The molecule has 0 aliphatic carbocycles. The van der Waals surface area contributed by atoms with Gasteiger partial charge in [0, 0.05) is 0 Å². The van der Waals surface area contributed by atoms with Crippen molar-refractivity contribution in [2.45, 2.75) is 6.43 Å². The van der Waals surface area contributed by atoms with Crippen molar-refractivity contribution < 1.29 is 18.3 Å². The average molecular weight is 203 g/mol. The molecule has 1 rings (SSSR count). The van der Waals surface area contributed by atoms with E-state index < -0.39 is 17.5 Å². The number of halogens is 2. The van der Waals surface area contributed by atoms with E-state index in [-0.39, 0.29) is 17.7 Å². The fourth-order valence-corrected chi connectivity index (χ4v) is 0.965. The zero-order valence-corrected chi connectivity index (χ0v) is 7.21. The summed E-state index contributed by atoms with van der Waals surface area (Å²) in [4.78, 5) is 23.3. The van der Waals surface area contributed by atoms with Crippen molar-refractivity contribution in [3.63, 3.8) is 0 Å². The monoisotopic (exact) mass is 203 g/mol. The van der Waals surface area contributed by atoms with E-state index in [0.29, 0.717) is 0 Å². The van der Waals surface area contributed by atoms with Gasteiger partial charge in [0.05, 0.1) is 18.2 Å². The number of aromatic amines is 1. The first kappa shape index (κ1) is 10.4. The molecule has 1 aromatic rings. The van der Waals surface area contributed by atoms with Gasteiger partial charge in [-0.15, -0.1) is 0 Å². The molecule has 0 unspecified atom stereocenters. The predicted octanol–water partition coefficient (Wildman–Crippen LogP) is 1.13. The van der Waals surface area contributed by atoms with Crippen LogP contribution in [0, 0.1) is 0 Å². The van der Waals surface area contributed by atoms with Crippen LogP contribution in [0.5, 0.6) is 5.88 Å². The molecule has 1 N–H and O–H groups in total. The molecule has 4 nitrogen and oxygen atoms in total. The normalized spacial score (nSPS) is 10.3. The quantitative estimate of drug-likeness (QED) is 0.749. The first-order valence-corrected chi connectivity index (χ1v) is 3.64. The molecule has 0 amide bonds. The fraction of sp³-hybridized carbons (Fsp3) is 0.250. The molecule has 14 heavy (non-hydrogen) atoms. The first-order chi connectivity index (χ1) is 6.60. The summed E-state index contributed by atoms with van der Waals surface area (Å²) in [6, 6.07) is 0.815. The Morgan fingerprint density at radius 3 is 2.64 bits per heavy atom. The van der Waals surface area contributed by atoms with E-state index in [0.717, 1.165) is 13.2 Å². The lowest BCUT2D eigenvalue weighted by molar-refractivity contribution is 0.112. The SMILES string of the molecule is COc1[nH]c(=O)c(C=O)cc1C(F)F. The highest BCUT2D eigenvalue weighted by molar-refractivity contribution is 5.74. The Balaban J connectivity index is 3.39. The highest BCUT2D eigenvalue weighted by Crippen LogP contribution is 2.25. The van der Waals surface area contributed by atoms with Gasteiger partial charge in [0.1, 0.15) is 0 Å². The smallest absolute Gasteiger partial charge is 0.268 e. The number of carbonyl (C=O) groups is 1. The summed E-state index contributed by atoms with van der Waals surface area (Å²) in [5.41, 5.74) is -1.60. The van der Waals surface area contributed by atoms with Crippen molar-refractivity contribution >= 4 is 6.29 Å². The molecule has 0 atom stereocenters. The average Bonchev–Trinajstić information content (AvgIpc) is 2.16. The van der Waals surface area contributed by atoms with Crippen molar-refractivity contribution in [1.82, 2.24) is 4.98 Å². The van der Waals surface area contributed by atoms with Crippen LogP contribution in [0.4, 0.5) is 8.78 Å². The van der Waals surface area contributed by atoms with Crippen LogP contribution >= 0.6 is 0 Å². The van der Waals surface area contributed by atoms with Gasteiger partial charge < -0.3 is 4.74 Å². The number of rotatable bonds is 3. The van der Waals surface area contributed by atoms with E-state index in [2.05, 4.69) is 4.74 Å². The first-order valence-electron chi connectivity index (χ1n) is 3.64. The highest BCUT2D eigenvalue weighted by Gasteiger charge is 2.16. The van der Waals surface area contributed by atoms with Gasteiger partial charge in [-0.05, 0) is 6.07 Å². The molecule has 1 heterocycles. The Bertz CT molecular complexity index is 400. The molecule has 0 fully saturated rings. The molecule has 0 saturated heterocycles. The standard InChI is InChI=1S/C8H7F2NO3/c1-14-8-5(6(9)10)2-4(3-12)7(13)11-8/h2-3,6H,1H3,(H,11,13). The third-order valence-electron chi connectivity index (χ3n) is 1.63. The summed E-state index contributed by atoms with van der Waals surface area (Å²) < 4.78 is 29.2. The molecule has 0 aliphatic heterocycles. The lowest BCUT2D eigenvalue weighted by Crippen LogP contribution is -2.14. The summed E-state index contributed by atoms with van der Waals surface area (Å²) in [7, 11) is 1.15. The van der Waals surface area contributed by atoms with Crippen molar-refractivity contribution in [3.8, 4) is 5.88 Å². The van der Waals surface area contributed by atoms with Crippen LogP contribution in [-0.4, -0.2) is 18.4 Å². The number of methoxy groups -OCH3 is 1. The Hall–Kier alpha value is -1.72. The lowest BCUT2D eigenvalue weighted by Gasteiger charge is -2.06. The number of nitrogens with one attached hydrogen (secondary N) is 1. The van der Waals surface area contributed by atoms with Crippen LogP contribution in [0.1, 0.15) is 22.3 Å². The molecule has 0 spiro atoms. The van der Waals surface area contributed by atoms with E-state index in [9.17, 15) is 18.4 Å². The van der Waals surface area contributed by atoms with Gasteiger partial charge in [-0.2, -0.15) is 0 Å². The number of ether oxygens (including phenoxy) is 1. The minimum Gasteiger partial charge on any atom is -0.482 e. The Morgan fingerprint density at radius 1 is 1.57 bits per heavy atom. The molecular weight excluding hydrogens is 196 g/mol. The van der Waals surface area contributed by atoms with E-state index in [1.165, 1.54) is 0 Å². The van der Waals surface area contributed by atoms with Gasteiger partial charge in [0.2, 0.25) is 5.88 Å². The summed E-state index contributed by atoms with van der Waals surface area (Å²) >= 11 is 0. The van der Waals surface area contributed by atoms with Gasteiger partial charge in [-0.3, -0.25) is 14.6 Å². The van der Waals surface area contributed by atoms with Crippen molar-refractivity contribution in [1.29, 1.82) is 0 Å². The van der Waals surface area contributed by atoms with Gasteiger partial charge in [0.15, 0.2) is 6.29 Å². The molecular formula is C8H7F2NO3. The maximum absolute atomic E-state index is 12.3. The second kappa shape index (κ2) is 3.99. The number of aldehydes is 1. The van der Waals surface area contributed by atoms with Gasteiger partial charge in [0.25, 0.3) is 12.0 Å². The van der Waals surface area contributed by atoms with Gasteiger partial charge in [-0.1, -0.05) is 0 Å². The van der Waals surface area contributed by atoms with E-state index in [4.69, 9.17) is 0 Å². The van der Waals surface area contributed by atoms with Crippen LogP contribution in [0.3, 0.4) is 0 Å². The Morgan fingerprint density at radius 2 is 2.21 bits per heavy atom. The van der Waals surface area contributed by atoms with Crippen LogP contribution in [0.15, 0.2) is 10.9 Å². The minimum absolute atomic E-state index is 0.212. The minimum atomic E-state index is -2.81. The third-order valence-corrected chi connectivity index (χ3v) is 1.63. The summed E-state index contributed by atoms with van der Waals surface area (Å²) in [5, 5.41) is 0. The summed E-state index contributed by atoms with van der Waals surface area (Å²) in [6.45, 7) is 0. The zero-order valence-electron chi connectivity index (χ0n) is 7.21. The molecule has 6 heteroatoms. The van der Waals surface area contributed by atoms with Gasteiger partial charge >= 0.3 is 0 Å². The zero-order chi connectivity index (χ0) is 10.7. The van der Waals surface area contributed by atoms with Crippen molar-refractivity contribution in [3.05, 3.63) is 27.5 Å². The Labute approximate surface area is 77.5 Å². The maximum Gasteiger partial charge on any atom is 0.268 e. The topological polar surface area (TPSA) is 59.2 Å². The largest absolute Gasteiger partial charge is 0.482 e. The third kappa shape index (κ3) is 1.78. The van der Waals surface area contributed by atoms with Crippen LogP contribution < -0.4 is 10.3 Å². The molecule has 0 radical (unpaired) electrons. The summed E-state index contributed by atoms with van der Waals surface area (Å²) in [5.74, 6) is -0.324. The molecule has 0 bridgehead atoms. The number of alkyl halides is 2. The van der Waals surface area contributed by atoms with Crippen molar-refractivity contribution in [2.75, 3.05) is 7.11 Å². The van der Waals surface area contributed by atoms with Gasteiger partial charge in [-0.25, -0.2) is 8.78 Å². The molecule has 0 aliphatic rings. The van der Waals surface area contributed by atoms with Crippen LogP contribution in [0.25, 0.3) is 0 Å². The molecule has 1 aromatic heterocycles. The summed E-state index contributed by atoms with van der Waals surface area (Å²) in [6.07, 6.45) is -2.59. The molecule has 0 saturated carbocycles. The number of carbonyl (C=O) groups excluding carboxylic acids is 1. The second-order valence-electron chi connectivity index (χ2n) is 2.46. The second-order valence-corrected chi connectivity index (χ2v) is 2.46. The number of hydrogen-bond donors (Lipinski definition) is 1. The van der Waals surface area contributed by atoms with Crippen molar-refractivity contribution in [2.24, 2.45) is 0 Å². The lowest BCUT2D eigenvalue weighted by atomic mass is 10.2. The van der Waals surface area contributed by atoms with E-state index >= 15 is 0 Å². The number of pyridine rings is 1. The van der Waals surface area contributed by atoms with E-state index in [1.54, 1.807) is 0 Å². The highest BCUT2D eigenvalue weighted by atomic mass is 19.3. The maximum atomic E-state index is 12.3. The fourth-order valence-electron chi connectivity index (χ4n) is 0.965. The van der Waals surface area contributed by atoms with Crippen LogP contribution in [0.2, 0.25) is 0 Å². The predicted molar refractivity (Wildman–Crippen MR) is 44.0 cm³/mol. The van der Waals surface area contributed by atoms with Crippen LogP contribution in [-0.2, 0) is 0 Å². The molecule has 76 valence electrons. The molecule has 0 aromatic carbocycles. The Kier molecular flexibility index (Phi) is 2.95. The number of hydrogen-bond acceptors (Lipinski definition) is 3. The van der Waals surface area contributed by atoms with E-state index in [1.807, 2.05) is 4.98 Å². The number of aromatic nitrogens is 1. The number of H-pyrrole nitrogens is 1.